The smallest absolute Gasteiger partial charge is 0.0964 e. The molecule has 1 rings (SSSR count). The Labute approximate surface area is 106 Å². The lowest BCUT2D eigenvalue weighted by molar-refractivity contribution is -0.873. The van der Waals surface area contributed by atoms with E-state index in [4.69, 9.17) is 0 Å². The molecule has 0 aromatic heterocycles. The van der Waals surface area contributed by atoms with Crippen molar-refractivity contribution >= 4 is 6.08 Å². The molecule has 0 saturated heterocycles. The average Bonchev–Trinajstić information content (AvgIpc) is 2.33. The maximum absolute atomic E-state index is 2.33. The first kappa shape index (κ1) is 15.2. The van der Waals surface area contributed by atoms with Gasteiger partial charge in [-0.3, -0.25) is 4.48 Å². The summed E-state index contributed by atoms with van der Waals surface area (Å²) in [5, 5.41) is 0. The van der Waals surface area contributed by atoms with Crippen LogP contribution in [0.1, 0.15) is 26.3 Å². The largest absolute Gasteiger partial charge is 1.00 e. The molecule has 0 N–H and O–H groups in total. The standard InChI is InChI=1S/C14H22N.ClH/c1-4-15(5-2,6-3)13-12-14-10-8-7-9-11-14;/h7-13H,4-6H2,1-3H3;1H/q+1;/p-1. The molecule has 2 heteroatoms. The second-order valence-corrected chi connectivity index (χ2v) is 3.89. The summed E-state index contributed by atoms with van der Waals surface area (Å²) < 4.78 is 1.06. The molecule has 1 nitrogen and oxygen atoms in total. The molecule has 0 aliphatic carbocycles. The highest BCUT2D eigenvalue weighted by molar-refractivity contribution is 5.47. The summed E-state index contributed by atoms with van der Waals surface area (Å²) in [5.74, 6) is 0. The minimum absolute atomic E-state index is 0. The maximum Gasteiger partial charge on any atom is 0.0964 e. The van der Waals surface area contributed by atoms with Gasteiger partial charge in [-0.25, -0.2) is 0 Å². The molecule has 0 saturated carbocycles. The highest BCUT2D eigenvalue weighted by atomic mass is 35.5. The predicted octanol–water partition coefficient (Wildman–Crippen LogP) is 0.538. The Morgan fingerprint density at radius 3 is 1.88 bits per heavy atom. The Balaban J connectivity index is 0.00000225. The molecule has 0 atom stereocenters. The quantitative estimate of drug-likeness (QED) is 0.658. The van der Waals surface area contributed by atoms with Gasteiger partial charge in [-0.2, -0.15) is 0 Å². The van der Waals surface area contributed by atoms with Crippen molar-refractivity contribution in [3.63, 3.8) is 0 Å². The van der Waals surface area contributed by atoms with Crippen molar-refractivity contribution in [1.29, 1.82) is 0 Å². The second-order valence-electron chi connectivity index (χ2n) is 3.89. The molecule has 0 amide bonds. The Morgan fingerprint density at radius 2 is 1.44 bits per heavy atom. The van der Waals surface area contributed by atoms with Crippen molar-refractivity contribution in [3.05, 3.63) is 42.1 Å². The molecule has 1 aromatic carbocycles. The van der Waals surface area contributed by atoms with Crippen molar-refractivity contribution < 1.29 is 16.9 Å². The molecule has 0 radical (unpaired) electrons. The minimum atomic E-state index is 0. The maximum atomic E-state index is 2.33. The van der Waals surface area contributed by atoms with Crippen LogP contribution in [0.5, 0.6) is 0 Å². The molecule has 0 spiro atoms. The zero-order chi connectivity index (χ0) is 11.1. The number of rotatable bonds is 5. The third-order valence-corrected chi connectivity index (χ3v) is 3.27. The first-order chi connectivity index (χ1) is 7.26. The summed E-state index contributed by atoms with van der Waals surface area (Å²) in [6.45, 7) is 10.2. The van der Waals surface area contributed by atoms with Crippen LogP contribution in [0.4, 0.5) is 0 Å². The number of quaternary nitrogens is 1. The van der Waals surface area contributed by atoms with Gasteiger partial charge in [0, 0.05) is 0 Å². The van der Waals surface area contributed by atoms with Crippen LogP contribution in [0.15, 0.2) is 36.5 Å². The van der Waals surface area contributed by atoms with Crippen LogP contribution in [-0.4, -0.2) is 24.1 Å². The molecule has 90 valence electrons. The summed E-state index contributed by atoms with van der Waals surface area (Å²) in [6.07, 6.45) is 4.56. The van der Waals surface area contributed by atoms with Gasteiger partial charge in [-0.05, 0) is 32.4 Å². The van der Waals surface area contributed by atoms with Crippen molar-refractivity contribution in [1.82, 2.24) is 0 Å². The highest BCUT2D eigenvalue weighted by Crippen LogP contribution is 2.10. The average molecular weight is 240 g/mol. The lowest BCUT2D eigenvalue weighted by Crippen LogP contribution is -3.00. The first-order valence-electron chi connectivity index (χ1n) is 5.86. The monoisotopic (exact) mass is 239 g/mol. The summed E-state index contributed by atoms with van der Waals surface area (Å²) in [7, 11) is 0. The van der Waals surface area contributed by atoms with Crippen LogP contribution in [-0.2, 0) is 0 Å². The molecular formula is C14H22ClN. The molecule has 0 aliphatic heterocycles. The minimum Gasteiger partial charge on any atom is -1.00 e. The second kappa shape index (κ2) is 7.48. The van der Waals surface area contributed by atoms with E-state index in [0.717, 1.165) is 24.1 Å². The first-order valence-corrected chi connectivity index (χ1v) is 5.86. The lowest BCUT2D eigenvalue weighted by atomic mass is 10.2. The predicted molar refractivity (Wildman–Crippen MR) is 67.4 cm³/mol. The Hall–Kier alpha value is -0.790. The Morgan fingerprint density at radius 1 is 0.938 bits per heavy atom. The van der Waals surface area contributed by atoms with Crippen LogP contribution >= 0.6 is 0 Å². The van der Waals surface area contributed by atoms with E-state index in [1.807, 2.05) is 0 Å². The number of hydrogen-bond acceptors (Lipinski definition) is 0. The fourth-order valence-electron chi connectivity index (χ4n) is 1.80. The van der Waals surface area contributed by atoms with Crippen LogP contribution in [0.25, 0.3) is 6.08 Å². The van der Waals surface area contributed by atoms with Gasteiger partial charge < -0.3 is 12.4 Å². The number of halogens is 1. The topological polar surface area (TPSA) is 0 Å². The van der Waals surface area contributed by atoms with E-state index in [1.165, 1.54) is 5.56 Å². The molecule has 0 unspecified atom stereocenters. The van der Waals surface area contributed by atoms with E-state index in [0.29, 0.717) is 0 Å². The van der Waals surface area contributed by atoms with E-state index in [1.54, 1.807) is 0 Å². The summed E-state index contributed by atoms with van der Waals surface area (Å²) in [4.78, 5) is 0. The van der Waals surface area contributed by atoms with Gasteiger partial charge in [0.2, 0.25) is 0 Å². The van der Waals surface area contributed by atoms with Crippen LogP contribution < -0.4 is 12.4 Å². The van der Waals surface area contributed by atoms with Gasteiger partial charge in [0.25, 0.3) is 0 Å². The molecular weight excluding hydrogens is 218 g/mol. The fourth-order valence-corrected chi connectivity index (χ4v) is 1.80. The molecule has 0 fully saturated rings. The SMILES string of the molecule is CC[N+](C=Cc1ccccc1)(CC)CC.[Cl-]. The Kier molecular flexibility index (Phi) is 7.11. The lowest BCUT2D eigenvalue weighted by Gasteiger charge is -2.31. The van der Waals surface area contributed by atoms with Crippen LogP contribution in [0.2, 0.25) is 0 Å². The van der Waals surface area contributed by atoms with Crippen molar-refractivity contribution in [2.45, 2.75) is 20.8 Å². The Bertz CT molecular complexity index is 294. The van der Waals surface area contributed by atoms with Crippen LogP contribution in [0.3, 0.4) is 0 Å². The van der Waals surface area contributed by atoms with Gasteiger partial charge >= 0.3 is 0 Å². The highest BCUT2D eigenvalue weighted by Gasteiger charge is 2.16. The molecule has 0 heterocycles. The normalized spacial score (nSPS) is 11.4. The van der Waals surface area contributed by atoms with E-state index >= 15 is 0 Å². The van der Waals surface area contributed by atoms with E-state index < -0.39 is 0 Å². The molecule has 16 heavy (non-hydrogen) atoms. The fraction of sp³-hybridized carbons (Fsp3) is 0.429. The molecule has 0 bridgehead atoms. The van der Waals surface area contributed by atoms with Gasteiger partial charge in [0.15, 0.2) is 0 Å². The van der Waals surface area contributed by atoms with E-state index in [2.05, 4.69) is 63.4 Å². The summed E-state index contributed by atoms with van der Waals surface area (Å²) in [5.41, 5.74) is 1.29. The van der Waals surface area contributed by atoms with Crippen molar-refractivity contribution in [2.75, 3.05) is 19.6 Å². The third-order valence-electron chi connectivity index (χ3n) is 3.27. The number of benzene rings is 1. The van der Waals surface area contributed by atoms with E-state index in [-0.39, 0.29) is 12.4 Å². The van der Waals surface area contributed by atoms with Gasteiger partial charge in [-0.15, -0.1) is 0 Å². The molecule has 1 aromatic rings. The molecule has 0 aliphatic rings. The summed E-state index contributed by atoms with van der Waals surface area (Å²) >= 11 is 0. The number of nitrogens with zero attached hydrogens (tertiary/aromatic N) is 1. The van der Waals surface area contributed by atoms with Gasteiger partial charge in [0.05, 0.1) is 25.8 Å². The van der Waals surface area contributed by atoms with E-state index in [9.17, 15) is 0 Å². The van der Waals surface area contributed by atoms with Crippen molar-refractivity contribution in [2.24, 2.45) is 0 Å². The third kappa shape index (κ3) is 3.99. The van der Waals surface area contributed by atoms with Crippen molar-refractivity contribution in [3.8, 4) is 0 Å². The van der Waals surface area contributed by atoms with Gasteiger partial charge in [0.1, 0.15) is 0 Å². The zero-order valence-corrected chi connectivity index (χ0v) is 11.2. The van der Waals surface area contributed by atoms with Crippen LogP contribution in [0, 0.1) is 0 Å². The number of hydrogen-bond donors (Lipinski definition) is 0. The zero-order valence-electron chi connectivity index (χ0n) is 10.5. The summed E-state index contributed by atoms with van der Waals surface area (Å²) in [6, 6.07) is 10.5. The van der Waals surface area contributed by atoms with Gasteiger partial charge in [-0.1, -0.05) is 30.3 Å².